The fourth-order valence-corrected chi connectivity index (χ4v) is 3.02. The number of allylic oxidation sites excluding steroid dienone is 2. The van der Waals surface area contributed by atoms with Gasteiger partial charge in [-0.05, 0) is 50.5 Å². The second-order valence-corrected chi connectivity index (χ2v) is 5.72. The second-order valence-electron chi connectivity index (χ2n) is 5.72. The van der Waals surface area contributed by atoms with Gasteiger partial charge in [0.15, 0.2) is 0 Å². The number of nitrogens with two attached hydrogens (primary N) is 1. The minimum atomic E-state index is -0.637. The first-order valence-electron chi connectivity index (χ1n) is 7.96. The van der Waals surface area contributed by atoms with Gasteiger partial charge in [-0.3, -0.25) is 0 Å². The summed E-state index contributed by atoms with van der Waals surface area (Å²) in [6.45, 7) is 7.45. The van der Waals surface area contributed by atoms with Gasteiger partial charge in [-0.25, -0.2) is 4.79 Å². The summed E-state index contributed by atoms with van der Waals surface area (Å²) in [5, 5.41) is 9.60. The SMILES string of the molecule is CCOC(=O)C1=C(C)OC(N)=C(C#N)C1c1ccc(OC)c(C)c1C. The third-order valence-electron chi connectivity index (χ3n) is 4.41. The Kier molecular flexibility index (Phi) is 5.38. The van der Waals surface area contributed by atoms with E-state index in [4.69, 9.17) is 19.9 Å². The van der Waals surface area contributed by atoms with Gasteiger partial charge in [0.25, 0.3) is 0 Å². The maximum Gasteiger partial charge on any atom is 0.338 e. The van der Waals surface area contributed by atoms with Crippen molar-refractivity contribution < 1.29 is 19.0 Å². The van der Waals surface area contributed by atoms with Crippen LogP contribution in [-0.4, -0.2) is 19.7 Å². The highest BCUT2D eigenvalue weighted by Crippen LogP contribution is 2.42. The van der Waals surface area contributed by atoms with E-state index in [0.29, 0.717) is 11.3 Å². The Bertz CT molecular complexity index is 815. The molecule has 0 bridgehead atoms. The van der Waals surface area contributed by atoms with E-state index in [-0.39, 0.29) is 18.1 Å². The van der Waals surface area contributed by atoms with Gasteiger partial charge < -0.3 is 19.9 Å². The van der Waals surface area contributed by atoms with Gasteiger partial charge in [-0.1, -0.05) is 6.07 Å². The summed E-state index contributed by atoms with van der Waals surface area (Å²) in [6.07, 6.45) is 0. The number of benzene rings is 1. The Morgan fingerprint density at radius 3 is 2.56 bits per heavy atom. The van der Waals surface area contributed by atoms with Crippen LogP contribution < -0.4 is 10.5 Å². The molecular formula is C19H22N2O4. The van der Waals surface area contributed by atoms with Crippen LogP contribution in [0.5, 0.6) is 5.75 Å². The van der Waals surface area contributed by atoms with Crippen molar-refractivity contribution in [1.29, 1.82) is 5.26 Å². The van der Waals surface area contributed by atoms with Crippen LogP contribution in [0, 0.1) is 25.2 Å². The predicted octanol–water partition coefficient (Wildman–Crippen LogP) is 2.96. The molecule has 25 heavy (non-hydrogen) atoms. The predicted molar refractivity (Wildman–Crippen MR) is 92.5 cm³/mol. The lowest BCUT2D eigenvalue weighted by Gasteiger charge is -2.28. The second kappa shape index (κ2) is 7.31. The molecular weight excluding hydrogens is 320 g/mol. The highest BCUT2D eigenvalue weighted by Gasteiger charge is 2.37. The normalized spacial score (nSPS) is 17.0. The van der Waals surface area contributed by atoms with Gasteiger partial charge in [0.1, 0.15) is 23.2 Å². The van der Waals surface area contributed by atoms with Crippen LogP contribution in [0.4, 0.5) is 0 Å². The van der Waals surface area contributed by atoms with Crippen molar-refractivity contribution in [1.82, 2.24) is 0 Å². The first-order chi connectivity index (χ1) is 11.9. The minimum absolute atomic E-state index is 0.00548. The Morgan fingerprint density at radius 2 is 2.00 bits per heavy atom. The molecule has 0 radical (unpaired) electrons. The molecule has 0 fully saturated rings. The lowest BCUT2D eigenvalue weighted by Crippen LogP contribution is -2.26. The van der Waals surface area contributed by atoms with Crippen LogP contribution in [0.2, 0.25) is 0 Å². The highest BCUT2D eigenvalue weighted by molar-refractivity contribution is 5.92. The summed E-state index contributed by atoms with van der Waals surface area (Å²) in [6, 6.07) is 5.74. The van der Waals surface area contributed by atoms with E-state index in [9.17, 15) is 10.1 Å². The first kappa shape index (κ1) is 18.4. The van der Waals surface area contributed by atoms with E-state index in [1.165, 1.54) is 0 Å². The number of nitrogens with zero attached hydrogens (tertiary/aromatic N) is 1. The summed E-state index contributed by atoms with van der Waals surface area (Å²) in [7, 11) is 1.60. The molecule has 0 amide bonds. The highest BCUT2D eigenvalue weighted by atomic mass is 16.5. The van der Waals surface area contributed by atoms with Gasteiger partial charge in [-0.15, -0.1) is 0 Å². The van der Waals surface area contributed by atoms with Crippen LogP contribution in [0.1, 0.15) is 36.5 Å². The molecule has 132 valence electrons. The van der Waals surface area contributed by atoms with Gasteiger partial charge in [-0.2, -0.15) is 5.26 Å². The van der Waals surface area contributed by atoms with Gasteiger partial charge >= 0.3 is 5.97 Å². The van der Waals surface area contributed by atoms with Crippen molar-refractivity contribution in [3.63, 3.8) is 0 Å². The van der Waals surface area contributed by atoms with Crippen LogP contribution in [-0.2, 0) is 14.3 Å². The molecule has 1 atom stereocenters. The van der Waals surface area contributed by atoms with E-state index < -0.39 is 11.9 Å². The Labute approximate surface area is 147 Å². The quantitative estimate of drug-likeness (QED) is 0.845. The molecule has 0 aliphatic carbocycles. The van der Waals surface area contributed by atoms with Crippen molar-refractivity contribution in [3.8, 4) is 11.8 Å². The molecule has 1 heterocycles. The van der Waals surface area contributed by atoms with E-state index in [0.717, 1.165) is 22.4 Å². The Morgan fingerprint density at radius 1 is 1.32 bits per heavy atom. The average molecular weight is 342 g/mol. The molecule has 0 aromatic heterocycles. The summed E-state index contributed by atoms with van der Waals surface area (Å²) < 4.78 is 15.9. The zero-order chi connectivity index (χ0) is 18.7. The fraction of sp³-hybridized carbons (Fsp3) is 0.368. The molecule has 1 aromatic rings. The largest absolute Gasteiger partial charge is 0.496 e. The van der Waals surface area contributed by atoms with Crippen molar-refractivity contribution in [2.24, 2.45) is 5.73 Å². The smallest absolute Gasteiger partial charge is 0.338 e. The number of esters is 1. The molecule has 2 rings (SSSR count). The zero-order valence-corrected chi connectivity index (χ0v) is 15.1. The summed E-state index contributed by atoms with van der Waals surface area (Å²) in [4.78, 5) is 12.5. The van der Waals surface area contributed by atoms with Crippen molar-refractivity contribution in [3.05, 3.63) is 51.6 Å². The van der Waals surface area contributed by atoms with Crippen LogP contribution in [0.3, 0.4) is 0 Å². The molecule has 1 unspecified atom stereocenters. The lowest BCUT2D eigenvalue weighted by atomic mass is 9.80. The van der Waals surface area contributed by atoms with E-state index in [2.05, 4.69) is 6.07 Å². The molecule has 1 aliphatic heterocycles. The topological polar surface area (TPSA) is 94.6 Å². The van der Waals surface area contributed by atoms with Gasteiger partial charge in [0.2, 0.25) is 5.88 Å². The molecule has 6 heteroatoms. The number of rotatable bonds is 4. The molecule has 0 saturated heterocycles. The third-order valence-corrected chi connectivity index (χ3v) is 4.41. The number of hydrogen-bond donors (Lipinski definition) is 1. The summed E-state index contributed by atoms with van der Waals surface area (Å²) in [5.74, 6) is -0.0681. The van der Waals surface area contributed by atoms with Crippen LogP contribution >= 0.6 is 0 Å². The number of ether oxygens (including phenoxy) is 3. The zero-order valence-electron chi connectivity index (χ0n) is 15.1. The molecule has 0 saturated carbocycles. The number of nitriles is 1. The summed E-state index contributed by atoms with van der Waals surface area (Å²) >= 11 is 0. The standard InChI is InChI=1S/C19H22N2O4/c1-6-24-19(22)16-12(4)25-18(21)14(9-20)17(16)13-7-8-15(23-5)11(3)10(13)2/h7-8,17H,6,21H2,1-5H3. The van der Waals surface area contributed by atoms with E-state index in [1.807, 2.05) is 26.0 Å². The fourth-order valence-electron chi connectivity index (χ4n) is 3.02. The van der Waals surface area contributed by atoms with Crippen LogP contribution in [0.15, 0.2) is 34.9 Å². The van der Waals surface area contributed by atoms with Crippen molar-refractivity contribution >= 4 is 5.97 Å². The first-order valence-corrected chi connectivity index (χ1v) is 7.96. The van der Waals surface area contributed by atoms with Crippen molar-refractivity contribution in [2.45, 2.75) is 33.6 Å². The van der Waals surface area contributed by atoms with E-state index >= 15 is 0 Å². The molecule has 1 aromatic carbocycles. The maximum atomic E-state index is 12.5. The average Bonchev–Trinajstić information content (AvgIpc) is 2.57. The number of methoxy groups -OCH3 is 1. The molecule has 2 N–H and O–H groups in total. The van der Waals surface area contributed by atoms with Crippen molar-refractivity contribution in [2.75, 3.05) is 13.7 Å². The number of carbonyl (C=O) groups is 1. The monoisotopic (exact) mass is 342 g/mol. The lowest BCUT2D eigenvalue weighted by molar-refractivity contribution is -0.139. The van der Waals surface area contributed by atoms with Gasteiger partial charge in [0, 0.05) is 0 Å². The Balaban J connectivity index is 2.71. The third kappa shape index (κ3) is 3.18. The summed E-state index contributed by atoms with van der Waals surface area (Å²) in [5.41, 5.74) is 9.05. The van der Waals surface area contributed by atoms with Crippen LogP contribution in [0.25, 0.3) is 0 Å². The maximum absolute atomic E-state index is 12.5. The molecule has 0 spiro atoms. The molecule has 6 nitrogen and oxygen atoms in total. The molecule has 1 aliphatic rings. The number of carbonyl (C=O) groups excluding carboxylic acids is 1. The Hall–Kier alpha value is -2.94. The van der Waals surface area contributed by atoms with E-state index in [1.54, 1.807) is 21.0 Å². The minimum Gasteiger partial charge on any atom is -0.496 e. The van der Waals surface area contributed by atoms with Gasteiger partial charge in [0.05, 0.1) is 25.2 Å². The number of hydrogen-bond acceptors (Lipinski definition) is 6.